The van der Waals surface area contributed by atoms with Crippen LogP contribution in [-0.2, 0) is 23.9 Å². The van der Waals surface area contributed by atoms with Crippen LogP contribution in [0.25, 0.3) is 0 Å². The van der Waals surface area contributed by atoms with Crippen LogP contribution in [0, 0.1) is 6.92 Å². The monoisotopic (exact) mass is 490 g/mol. The zero-order valence-electron chi connectivity index (χ0n) is 17.2. The van der Waals surface area contributed by atoms with Gasteiger partial charge in [0, 0.05) is 22.3 Å². The molecule has 0 aliphatic carbocycles. The van der Waals surface area contributed by atoms with Gasteiger partial charge in [-0.25, -0.2) is 4.79 Å². The van der Waals surface area contributed by atoms with E-state index in [0.717, 1.165) is 10.0 Å². The minimum Gasteiger partial charge on any atom is -0.462 e. The maximum Gasteiger partial charge on any atom is 0.338 e. The fourth-order valence-corrected chi connectivity index (χ4v) is 2.99. The van der Waals surface area contributed by atoms with Crippen molar-refractivity contribution in [2.24, 2.45) is 0 Å². The van der Waals surface area contributed by atoms with Crippen molar-refractivity contribution in [2.45, 2.75) is 26.7 Å². The van der Waals surface area contributed by atoms with E-state index >= 15 is 0 Å². The third kappa shape index (κ3) is 8.21. The van der Waals surface area contributed by atoms with Crippen LogP contribution in [0.3, 0.4) is 0 Å². The number of aryl methyl sites for hydroxylation is 1. The molecule has 9 heteroatoms. The van der Waals surface area contributed by atoms with Crippen LogP contribution in [-0.4, -0.2) is 37.0 Å². The number of ether oxygens (including phenoxy) is 2. The molecule has 0 saturated carbocycles. The summed E-state index contributed by atoms with van der Waals surface area (Å²) >= 11 is 3.34. The lowest BCUT2D eigenvalue weighted by Crippen LogP contribution is -2.22. The van der Waals surface area contributed by atoms with E-state index in [2.05, 4.69) is 26.6 Å². The summed E-state index contributed by atoms with van der Waals surface area (Å²) in [5.41, 5.74) is 2.34. The molecule has 0 aliphatic heterocycles. The van der Waals surface area contributed by atoms with Crippen molar-refractivity contribution in [1.29, 1.82) is 0 Å². The molecule has 0 unspecified atom stereocenters. The van der Waals surface area contributed by atoms with Crippen molar-refractivity contribution < 1.29 is 28.7 Å². The molecule has 0 radical (unpaired) electrons. The van der Waals surface area contributed by atoms with Crippen LogP contribution in [0.5, 0.6) is 0 Å². The minimum atomic E-state index is -0.657. The number of nitrogens with one attached hydrogen (secondary N) is 2. The molecular formula is C22H23BrN2O6. The number of halogens is 1. The molecule has 164 valence electrons. The van der Waals surface area contributed by atoms with Crippen LogP contribution in [0.1, 0.15) is 35.7 Å². The van der Waals surface area contributed by atoms with Crippen LogP contribution in [0.4, 0.5) is 11.4 Å². The number of benzene rings is 2. The van der Waals surface area contributed by atoms with Gasteiger partial charge in [-0.15, -0.1) is 0 Å². The van der Waals surface area contributed by atoms with E-state index < -0.39 is 30.4 Å². The van der Waals surface area contributed by atoms with Crippen molar-refractivity contribution in [1.82, 2.24) is 0 Å². The van der Waals surface area contributed by atoms with Gasteiger partial charge in [0.15, 0.2) is 6.61 Å². The van der Waals surface area contributed by atoms with Gasteiger partial charge in [-0.05, 0) is 61.9 Å². The average Bonchev–Trinajstić information content (AvgIpc) is 2.73. The van der Waals surface area contributed by atoms with E-state index in [1.165, 1.54) is 12.1 Å². The van der Waals surface area contributed by atoms with Crippen molar-refractivity contribution in [3.63, 3.8) is 0 Å². The molecule has 31 heavy (non-hydrogen) atoms. The Morgan fingerprint density at radius 2 is 1.61 bits per heavy atom. The van der Waals surface area contributed by atoms with E-state index in [0.29, 0.717) is 16.9 Å². The first-order valence-electron chi connectivity index (χ1n) is 9.57. The Hall–Kier alpha value is -3.20. The van der Waals surface area contributed by atoms with Gasteiger partial charge in [-0.3, -0.25) is 14.4 Å². The van der Waals surface area contributed by atoms with Gasteiger partial charge in [0.2, 0.25) is 5.91 Å². The summed E-state index contributed by atoms with van der Waals surface area (Å²) in [7, 11) is 0. The van der Waals surface area contributed by atoms with Gasteiger partial charge in [0.05, 0.1) is 18.6 Å². The summed E-state index contributed by atoms with van der Waals surface area (Å²) in [4.78, 5) is 47.3. The number of esters is 2. The molecule has 2 amide bonds. The fraction of sp³-hybridized carbons (Fsp3) is 0.273. The molecule has 2 aromatic rings. The maximum atomic E-state index is 12.0. The molecule has 0 saturated heterocycles. The summed E-state index contributed by atoms with van der Waals surface area (Å²) in [5, 5.41) is 5.28. The van der Waals surface area contributed by atoms with Gasteiger partial charge in [-0.1, -0.05) is 15.9 Å². The van der Waals surface area contributed by atoms with Gasteiger partial charge in [0.1, 0.15) is 0 Å². The zero-order chi connectivity index (χ0) is 22.8. The molecule has 2 N–H and O–H groups in total. The SMILES string of the molecule is CCOC(=O)c1ccc(NC(=O)CCC(=O)OCC(=O)Nc2ccc(Br)cc2C)cc1. The third-order valence-corrected chi connectivity index (χ3v) is 4.56. The Labute approximate surface area is 188 Å². The van der Waals surface area contributed by atoms with Crippen LogP contribution in [0.15, 0.2) is 46.9 Å². The molecule has 8 nitrogen and oxygen atoms in total. The second-order valence-corrected chi connectivity index (χ2v) is 7.43. The Balaban J connectivity index is 1.71. The lowest BCUT2D eigenvalue weighted by atomic mass is 10.2. The van der Waals surface area contributed by atoms with Gasteiger partial charge < -0.3 is 20.1 Å². The molecular weight excluding hydrogens is 468 g/mol. The molecule has 2 rings (SSSR count). The third-order valence-electron chi connectivity index (χ3n) is 4.06. The lowest BCUT2D eigenvalue weighted by Gasteiger charge is -2.09. The summed E-state index contributed by atoms with van der Waals surface area (Å²) < 4.78 is 10.7. The highest BCUT2D eigenvalue weighted by atomic mass is 79.9. The largest absolute Gasteiger partial charge is 0.462 e. The van der Waals surface area contributed by atoms with E-state index in [1.54, 1.807) is 31.2 Å². The molecule has 0 spiro atoms. The summed E-state index contributed by atoms with van der Waals surface area (Å²) in [5.74, 6) is -1.96. The second kappa shape index (κ2) is 11.8. The Morgan fingerprint density at radius 3 is 2.26 bits per heavy atom. The Bertz CT molecular complexity index is 959. The smallest absolute Gasteiger partial charge is 0.338 e. The van der Waals surface area contributed by atoms with Gasteiger partial charge in [-0.2, -0.15) is 0 Å². The normalized spacial score (nSPS) is 10.2. The molecule has 0 bridgehead atoms. The summed E-state index contributed by atoms with van der Waals surface area (Å²) in [6.45, 7) is 3.40. The quantitative estimate of drug-likeness (QED) is 0.516. The number of amides is 2. The molecule has 0 atom stereocenters. The molecule has 0 heterocycles. The highest BCUT2D eigenvalue weighted by molar-refractivity contribution is 9.10. The van der Waals surface area contributed by atoms with Gasteiger partial charge >= 0.3 is 11.9 Å². The second-order valence-electron chi connectivity index (χ2n) is 6.51. The number of rotatable bonds is 9. The first kappa shape index (κ1) is 24.1. The number of carbonyl (C=O) groups is 4. The summed E-state index contributed by atoms with van der Waals surface area (Å²) in [6, 6.07) is 11.6. The van der Waals surface area contributed by atoms with E-state index in [1.807, 2.05) is 13.0 Å². The highest BCUT2D eigenvalue weighted by Gasteiger charge is 2.12. The van der Waals surface area contributed by atoms with Gasteiger partial charge in [0.25, 0.3) is 5.91 Å². The van der Waals surface area contributed by atoms with E-state index in [9.17, 15) is 19.2 Å². The Morgan fingerprint density at radius 1 is 0.903 bits per heavy atom. The topological polar surface area (TPSA) is 111 Å². The molecule has 2 aromatic carbocycles. The first-order valence-corrected chi connectivity index (χ1v) is 10.4. The van der Waals surface area contributed by atoms with Crippen LogP contribution >= 0.6 is 15.9 Å². The molecule has 0 aliphatic rings. The minimum absolute atomic E-state index is 0.105. The van der Waals surface area contributed by atoms with E-state index in [4.69, 9.17) is 9.47 Å². The van der Waals surface area contributed by atoms with Crippen molar-refractivity contribution in [3.8, 4) is 0 Å². The number of anilines is 2. The standard InChI is InChI=1S/C22H23BrN2O6/c1-3-30-22(29)15-4-7-17(8-5-15)24-19(26)10-11-21(28)31-13-20(27)25-18-9-6-16(23)12-14(18)2/h4-9,12H,3,10-11,13H2,1-2H3,(H,24,26)(H,25,27). The van der Waals surface area contributed by atoms with Crippen molar-refractivity contribution in [3.05, 3.63) is 58.1 Å². The van der Waals surface area contributed by atoms with Crippen LogP contribution in [0.2, 0.25) is 0 Å². The lowest BCUT2D eigenvalue weighted by molar-refractivity contribution is -0.147. The molecule has 0 fully saturated rings. The van der Waals surface area contributed by atoms with Crippen molar-refractivity contribution in [2.75, 3.05) is 23.8 Å². The average molecular weight is 491 g/mol. The number of hydrogen-bond acceptors (Lipinski definition) is 6. The number of carbonyl (C=O) groups excluding carboxylic acids is 4. The van der Waals surface area contributed by atoms with Crippen molar-refractivity contribution >= 4 is 51.1 Å². The van der Waals surface area contributed by atoms with Crippen LogP contribution < -0.4 is 10.6 Å². The predicted molar refractivity (Wildman–Crippen MR) is 119 cm³/mol. The fourth-order valence-electron chi connectivity index (χ4n) is 2.51. The number of hydrogen-bond donors (Lipinski definition) is 2. The maximum absolute atomic E-state index is 12.0. The Kier molecular flexibility index (Phi) is 9.20. The highest BCUT2D eigenvalue weighted by Crippen LogP contribution is 2.20. The zero-order valence-corrected chi connectivity index (χ0v) is 18.8. The van der Waals surface area contributed by atoms with E-state index in [-0.39, 0.29) is 19.4 Å². The predicted octanol–water partition coefficient (Wildman–Crippen LogP) is 3.83. The summed E-state index contributed by atoms with van der Waals surface area (Å²) in [6.07, 6.45) is -0.275. The molecule has 0 aromatic heterocycles. The first-order chi connectivity index (χ1) is 14.8.